The zero-order valence-electron chi connectivity index (χ0n) is 36.8. The van der Waals surface area contributed by atoms with Crippen molar-refractivity contribution in [3.63, 3.8) is 0 Å². The fourth-order valence-corrected chi connectivity index (χ4v) is 8.31. The number of anilines is 2. The molecular formula is C42H49F3N6O13. The van der Waals surface area contributed by atoms with Crippen molar-refractivity contribution >= 4 is 65.7 Å². The topological polar surface area (TPSA) is 256 Å². The fourth-order valence-electron chi connectivity index (χ4n) is 8.31. The highest BCUT2D eigenvalue weighted by Crippen LogP contribution is 2.66. The summed E-state index contributed by atoms with van der Waals surface area (Å²) < 4.78 is 53.8. The fraction of sp³-hybridized carbons (Fsp3) is 0.500. The largest absolute Gasteiger partial charge is 0.480 e. The zero-order chi connectivity index (χ0) is 48.5. The number of halogens is 3. The van der Waals surface area contributed by atoms with Gasteiger partial charge in [0.1, 0.15) is 18.7 Å². The number of ether oxygens (including phenoxy) is 3. The number of rotatable bonds is 6. The first-order valence-electron chi connectivity index (χ1n) is 20.6. The average molecular weight is 904 g/mol. The Bertz CT molecular complexity index is 2310. The number of hydrogen-bond donors (Lipinski definition) is 5. The lowest BCUT2D eigenvalue weighted by molar-refractivity contribution is -0.157. The second kappa shape index (κ2) is 17.4. The Kier molecular flexibility index (Phi) is 12.7. The standard InChI is InChI=1S/C21H25N3O6.C17H17N3O6.C2HF3O.C2H6/c1-19(2,3)29-15(25)10-24-16(26)21(30-18(24)28)11-20(7-8-20)14-9-12(5-6-13(14)21)23-17(27)22-4;1-18-14(24)19-9-2-3-10-11(6-9)16(4-5-16)8-17(10)13(23)20(7-12(21)22)15(25)26-17;3-2(4,5)1-6;1-2/h5-6,9H,7-8,10-11H2,1-4H3,(H2,22,23,27);2-3,6H,4-5,7-8H2,1H3,(H,21,22)(H2,18,19,24);1H;1-2H3/i;;;1D. The van der Waals surface area contributed by atoms with E-state index in [4.69, 9.17) is 25.5 Å². The van der Waals surface area contributed by atoms with Gasteiger partial charge in [-0.05, 0) is 81.8 Å². The Morgan fingerprint density at radius 1 is 0.766 bits per heavy atom. The summed E-state index contributed by atoms with van der Waals surface area (Å²) in [6.07, 6.45) is -3.43. The van der Waals surface area contributed by atoms with Crippen LogP contribution in [0.4, 0.5) is 43.7 Å². The summed E-state index contributed by atoms with van der Waals surface area (Å²) in [5, 5.41) is 19.3. The number of aliphatic carboxylic acids is 1. The van der Waals surface area contributed by atoms with Crippen LogP contribution in [0.3, 0.4) is 0 Å². The van der Waals surface area contributed by atoms with Crippen LogP contribution < -0.4 is 21.3 Å². The number of amides is 8. The zero-order valence-corrected chi connectivity index (χ0v) is 35.8. The molecule has 8 rings (SSSR count). The van der Waals surface area contributed by atoms with Crippen molar-refractivity contribution in [3.05, 3.63) is 58.7 Å². The molecule has 4 aliphatic carbocycles. The van der Waals surface area contributed by atoms with Gasteiger partial charge < -0.3 is 40.6 Å². The SMILES string of the molecule is CNC(=O)Nc1ccc2c(c1)C1(CC1)CC21OC(=O)N(CC(=O)O)C1=O.CNC(=O)Nc1ccc2c(c1)C1(CC1)CC21OC(=O)N(CC(=O)OC(C)(C)C)C1=O.O=CC(F)(F)F.[2H]CC. The Labute approximate surface area is 366 Å². The number of nitrogens with one attached hydrogen (secondary N) is 4. The van der Waals surface area contributed by atoms with Crippen LogP contribution in [0.1, 0.15) is 96.7 Å². The molecule has 2 atom stereocenters. The van der Waals surface area contributed by atoms with Gasteiger partial charge >= 0.3 is 42.4 Å². The van der Waals surface area contributed by atoms with Gasteiger partial charge in [-0.2, -0.15) is 13.2 Å². The van der Waals surface area contributed by atoms with E-state index in [0.717, 1.165) is 41.7 Å². The van der Waals surface area contributed by atoms with Crippen molar-refractivity contribution in [1.29, 1.82) is 0 Å². The Morgan fingerprint density at radius 3 is 1.45 bits per heavy atom. The van der Waals surface area contributed by atoms with Crippen molar-refractivity contribution in [3.8, 4) is 0 Å². The molecule has 2 heterocycles. The molecule has 2 aromatic rings. The van der Waals surface area contributed by atoms with E-state index < -0.39 is 78.3 Å². The van der Waals surface area contributed by atoms with Gasteiger partial charge in [0.25, 0.3) is 11.8 Å². The third-order valence-corrected chi connectivity index (χ3v) is 11.2. The van der Waals surface area contributed by atoms with Crippen LogP contribution in [0, 0.1) is 0 Å². The minimum atomic E-state index is -4.64. The second-order valence-electron chi connectivity index (χ2n) is 16.7. The molecule has 346 valence electrons. The van der Waals surface area contributed by atoms with Gasteiger partial charge in [-0.25, -0.2) is 29.0 Å². The normalized spacial score (nSPS) is 22.3. The molecule has 2 unspecified atom stereocenters. The number of carboxylic acids is 1. The third-order valence-electron chi connectivity index (χ3n) is 11.2. The van der Waals surface area contributed by atoms with Crippen molar-refractivity contribution in [1.82, 2.24) is 20.4 Å². The summed E-state index contributed by atoms with van der Waals surface area (Å²) in [6.45, 7) is 6.22. The summed E-state index contributed by atoms with van der Waals surface area (Å²) in [5.74, 6) is -3.14. The van der Waals surface area contributed by atoms with Crippen molar-refractivity contribution in [2.75, 3.05) is 37.8 Å². The molecule has 4 fully saturated rings. The molecule has 22 heteroatoms. The molecule has 4 spiro atoms. The Hall–Kier alpha value is -6.74. The summed E-state index contributed by atoms with van der Waals surface area (Å²) in [7, 11) is 3.03. The molecule has 2 saturated carbocycles. The van der Waals surface area contributed by atoms with E-state index in [0.29, 0.717) is 47.1 Å². The molecule has 8 amide bonds. The smallest absolute Gasteiger partial charge is 0.446 e. The second-order valence-corrected chi connectivity index (χ2v) is 16.7. The number of nitrogens with zero attached hydrogens (tertiary/aromatic N) is 2. The maximum Gasteiger partial charge on any atom is 0.446 e. The maximum atomic E-state index is 13.3. The number of imide groups is 2. The van der Waals surface area contributed by atoms with E-state index in [1.54, 1.807) is 58.0 Å². The van der Waals surface area contributed by atoms with Crippen molar-refractivity contribution in [2.24, 2.45) is 0 Å². The molecule has 2 saturated heterocycles. The van der Waals surface area contributed by atoms with E-state index in [9.17, 15) is 51.5 Å². The molecule has 2 aliphatic heterocycles. The lowest BCUT2D eigenvalue weighted by atomic mass is 9.94. The average Bonchev–Trinajstić information content (AvgIpc) is 4.10. The summed E-state index contributed by atoms with van der Waals surface area (Å²) in [5.41, 5.74) is -0.0334. The van der Waals surface area contributed by atoms with Crippen molar-refractivity contribution in [2.45, 2.75) is 107 Å². The van der Waals surface area contributed by atoms with Crippen LogP contribution >= 0.6 is 0 Å². The third kappa shape index (κ3) is 9.44. The molecule has 0 bridgehead atoms. The van der Waals surface area contributed by atoms with E-state index >= 15 is 0 Å². The minimum Gasteiger partial charge on any atom is -0.480 e. The minimum absolute atomic E-state index is 0.256. The van der Waals surface area contributed by atoms with Crippen LogP contribution in [0.15, 0.2) is 36.4 Å². The van der Waals surface area contributed by atoms with Gasteiger partial charge in [0.2, 0.25) is 17.5 Å². The number of urea groups is 2. The predicted molar refractivity (Wildman–Crippen MR) is 217 cm³/mol. The number of aldehydes is 1. The molecule has 6 aliphatic rings. The highest BCUT2D eigenvalue weighted by Gasteiger charge is 2.69. The van der Waals surface area contributed by atoms with Gasteiger partial charge in [0.15, 0.2) is 0 Å². The van der Waals surface area contributed by atoms with Gasteiger partial charge in [0, 0.05) is 61.6 Å². The van der Waals surface area contributed by atoms with Crippen LogP contribution in [-0.4, -0.2) is 108 Å². The van der Waals surface area contributed by atoms with E-state index in [1.165, 1.54) is 14.1 Å². The first-order chi connectivity index (χ1) is 30.3. The quantitative estimate of drug-likeness (QED) is 0.140. The number of hydrogen-bond acceptors (Lipinski definition) is 12. The molecule has 2 aromatic carbocycles. The number of alkyl halides is 3. The van der Waals surface area contributed by atoms with E-state index in [-0.39, 0.29) is 22.9 Å². The number of fused-ring (bicyclic) bond motifs is 6. The van der Waals surface area contributed by atoms with Crippen LogP contribution in [0.25, 0.3) is 0 Å². The number of benzene rings is 2. The molecule has 5 N–H and O–H groups in total. The Morgan fingerprint density at radius 2 is 1.14 bits per heavy atom. The lowest BCUT2D eigenvalue weighted by Gasteiger charge is -2.22. The molecule has 0 aromatic heterocycles. The van der Waals surface area contributed by atoms with Crippen LogP contribution in [0.5, 0.6) is 0 Å². The highest BCUT2D eigenvalue weighted by molar-refractivity contribution is 6.07. The first-order valence-corrected chi connectivity index (χ1v) is 19.9. The maximum absolute atomic E-state index is 13.3. The monoisotopic (exact) mass is 903 g/mol. The Balaban J connectivity index is 0.000000207. The van der Waals surface area contributed by atoms with Gasteiger partial charge in [0.05, 0.1) is 0 Å². The number of carboxylic acid groups (broad SMARTS) is 1. The van der Waals surface area contributed by atoms with Gasteiger partial charge in [-0.3, -0.25) is 24.0 Å². The summed E-state index contributed by atoms with van der Waals surface area (Å²) in [4.78, 5) is 107. The number of carbonyl (C=O) groups is 9. The summed E-state index contributed by atoms with van der Waals surface area (Å²) in [6, 6.07) is 9.63. The lowest BCUT2D eigenvalue weighted by Crippen LogP contribution is -2.41. The van der Waals surface area contributed by atoms with Gasteiger partial charge in [-0.1, -0.05) is 26.0 Å². The first kappa shape index (κ1) is 46.8. The molecule has 19 nitrogen and oxygen atoms in total. The van der Waals surface area contributed by atoms with E-state index in [2.05, 4.69) is 21.3 Å². The molecule has 0 radical (unpaired) electrons. The molecule has 64 heavy (non-hydrogen) atoms. The van der Waals surface area contributed by atoms with E-state index in [1.807, 2.05) is 6.07 Å². The highest BCUT2D eigenvalue weighted by atomic mass is 19.4. The van der Waals surface area contributed by atoms with Crippen molar-refractivity contribution < 1.29 is 77.0 Å². The van der Waals surface area contributed by atoms with Crippen LogP contribution in [-0.2, 0) is 60.2 Å². The molecular weight excluding hydrogens is 853 g/mol. The van der Waals surface area contributed by atoms with Crippen LogP contribution in [0.2, 0.25) is 0 Å². The number of carbonyl (C=O) groups excluding carboxylic acids is 8. The summed E-state index contributed by atoms with van der Waals surface area (Å²) >= 11 is 0. The predicted octanol–water partition coefficient (Wildman–Crippen LogP) is 5.29. The van der Waals surface area contributed by atoms with Gasteiger partial charge in [-0.15, -0.1) is 0 Å². The number of esters is 1.